The zero-order chi connectivity index (χ0) is 22.0. The van der Waals surface area contributed by atoms with Gasteiger partial charge in [-0.1, -0.05) is 50.1 Å². The van der Waals surface area contributed by atoms with Crippen molar-refractivity contribution >= 4 is 28.4 Å². The molecular weight excluding hydrogens is 392 g/mol. The van der Waals surface area contributed by atoms with Gasteiger partial charge in [-0.25, -0.2) is 0 Å². The van der Waals surface area contributed by atoms with Crippen molar-refractivity contribution in [2.75, 3.05) is 13.7 Å². The van der Waals surface area contributed by atoms with Gasteiger partial charge in [0.25, 0.3) is 11.7 Å². The smallest absolute Gasteiger partial charge is 0.295 e. The number of aromatic nitrogens is 1. The first-order chi connectivity index (χ1) is 15.1. The molecule has 1 unspecified atom stereocenters. The number of para-hydroxylation sites is 1. The van der Waals surface area contributed by atoms with Crippen LogP contribution in [0.2, 0.25) is 0 Å². The highest BCUT2D eigenvalue weighted by atomic mass is 16.5. The Bertz CT molecular complexity index is 1160. The van der Waals surface area contributed by atoms with Crippen LogP contribution in [-0.4, -0.2) is 40.3 Å². The number of hydrogen-bond donors (Lipinski definition) is 2. The Balaban J connectivity index is 1.88. The summed E-state index contributed by atoms with van der Waals surface area (Å²) in [5.74, 6) is -0.775. The number of nitrogens with one attached hydrogen (secondary N) is 1. The third kappa shape index (κ3) is 3.69. The van der Waals surface area contributed by atoms with Crippen molar-refractivity contribution in [3.63, 3.8) is 0 Å². The molecule has 0 aliphatic carbocycles. The number of methoxy groups -OCH3 is 1. The SMILES string of the molecule is CCCCCN1C(=O)C(=O)/C(=C(\O)c2c[nH]c3ccccc23)C1c1cccc(OC)c1. The molecule has 1 atom stereocenters. The first kappa shape index (κ1) is 20.7. The van der Waals surface area contributed by atoms with Gasteiger partial charge in [-0.15, -0.1) is 0 Å². The number of unbranched alkanes of at least 4 members (excludes halogenated alkanes) is 2. The van der Waals surface area contributed by atoms with Crippen LogP contribution in [0.1, 0.15) is 43.4 Å². The van der Waals surface area contributed by atoms with Gasteiger partial charge in [0.15, 0.2) is 0 Å². The van der Waals surface area contributed by atoms with Crippen LogP contribution in [-0.2, 0) is 9.59 Å². The van der Waals surface area contributed by atoms with Crippen molar-refractivity contribution in [3.05, 3.63) is 71.4 Å². The summed E-state index contributed by atoms with van der Waals surface area (Å²) < 4.78 is 5.36. The lowest BCUT2D eigenvalue weighted by Crippen LogP contribution is -2.30. The van der Waals surface area contributed by atoms with Crippen LogP contribution in [0.4, 0.5) is 0 Å². The first-order valence-corrected chi connectivity index (χ1v) is 10.6. The van der Waals surface area contributed by atoms with Gasteiger partial charge in [-0.05, 0) is 30.2 Å². The maximum atomic E-state index is 13.1. The number of nitrogens with zero attached hydrogens (tertiary/aromatic N) is 1. The van der Waals surface area contributed by atoms with Gasteiger partial charge in [0.1, 0.15) is 11.5 Å². The molecule has 6 nitrogen and oxygen atoms in total. The molecule has 2 aromatic carbocycles. The fourth-order valence-electron chi connectivity index (χ4n) is 4.21. The number of ether oxygens (including phenoxy) is 1. The molecule has 160 valence electrons. The second-order valence-corrected chi connectivity index (χ2v) is 7.72. The van der Waals surface area contributed by atoms with Crippen LogP contribution >= 0.6 is 0 Å². The number of amides is 1. The van der Waals surface area contributed by atoms with E-state index in [4.69, 9.17) is 4.74 Å². The number of rotatable bonds is 7. The third-order valence-corrected chi connectivity index (χ3v) is 5.80. The molecule has 0 radical (unpaired) electrons. The van der Waals surface area contributed by atoms with E-state index in [0.717, 1.165) is 35.7 Å². The molecule has 3 aromatic rings. The quantitative estimate of drug-likeness (QED) is 0.250. The number of carbonyl (C=O) groups is 2. The van der Waals surface area contributed by atoms with Gasteiger partial charge in [0.05, 0.1) is 18.7 Å². The fraction of sp³-hybridized carbons (Fsp3) is 0.280. The van der Waals surface area contributed by atoms with Gasteiger partial charge in [-0.2, -0.15) is 0 Å². The Morgan fingerprint density at radius 3 is 2.71 bits per heavy atom. The molecule has 0 bridgehead atoms. The Hall–Kier alpha value is -3.54. The number of benzene rings is 2. The van der Waals surface area contributed by atoms with Crippen molar-refractivity contribution in [3.8, 4) is 5.75 Å². The number of likely N-dealkylation sites (tertiary alicyclic amines) is 1. The normalized spacial score (nSPS) is 18.1. The average Bonchev–Trinajstić information content (AvgIpc) is 3.33. The van der Waals surface area contributed by atoms with Gasteiger partial charge < -0.3 is 19.7 Å². The molecule has 0 spiro atoms. The summed E-state index contributed by atoms with van der Waals surface area (Å²) >= 11 is 0. The molecule has 2 N–H and O–H groups in total. The standard InChI is InChI=1S/C25H26N2O4/c1-3-4-7-13-27-22(16-9-8-10-17(14-16)31-2)21(24(29)25(27)30)23(28)19-15-26-20-12-6-5-11-18(19)20/h5-6,8-12,14-15,22,26,28H,3-4,7,13H2,1-2H3/b23-21-. The van der Waals surface area contributed by atoms with E-state index >= 15 is 0 Å². The van der Waals surface area contributed by atoms with E-state index < -0.39 is 17.7 Å². The Kier molecular flexibility index (Phi) is 5.80. The highest BCUT2D eigenvalue weighted by Crippen LogP contribution is 2.41. The third-order valence-electron chi connectivity index (χ3n) is 5.80. The van der Waals surface area contributed by atoms with Crippen LogP contribution in [0.5, 0.6) is 5.75 Å². The summed E-state index contributed by atoms with van der Waals surface area (Å²) in [5, 5.41) is 12.1. The molecule has 0 saturated carbocycles. The zero-order valence-corrected chi connectivity index (χ0v) is 17.7. The van der Waals surface area contributed by atoms with Crippen molar-refractivity contribution in [1.29, 1.82) is 0 Å². The molecule has 1 aliphatic heterocycles. The van der Waals surface area contributed by atoms with E-state index in [1.807, 2.05) is 48.5 Å². The van der Waals surface area contributed by atoms with Crippen LogP contribution < -0.4 is 4.74 Å². The van der Waals surface area contributed by atoms with E-state index in [1.54, 1.807) is 18.2 Å². The minimum absolute atomic E-state index is 0.111. The first-order valence-electron chi connectivity index (χ1n) is 10.6. The number of Topliss-reactive ketones (excluding diaryl/α,β-unsaturated/α-hetero) is 1. The van der Waals surface area contributed by atoms with Crippen molar-refractivity contribution in [1.82, 2.24) is 9.88 Å². The van der Waals surface area contributed by atoms with E-state index in [1.165, 1.54) is 0 Å². The minimum atomic E-state index is -0.666. The zero-order valence-electron chi connectivity index (χ0n) is 17.7. The number of aromatic amines is 1. The van der Waals surface area contributed by atoms with E-state index in [-0.39, 0.29) is 11.3 Å². The van der Waals surface area contributed by atoms with Gasteiger partial charge in [-0.3, -0.25) is 9.59 Å². The van der Waals surface area contributed by atoms with Gasteiger partial charge in [0, 0.05) is 29.2 Å². The molecule has 4 rings (SSSR count). The summed E-state index contributed by atoms with van der Waals surface area (Å²) in [4.78, 5) is 30.8. The highest BCUT2D eigenvalue weighted by molar-refractivity contribution is 6.46. The second-order valence-electron chi connectivity index (χ2n) is 7.72. The van der Waals surface area contributed by atoms with E-state index in [0.29, 0.717) is 17.9 Å². The fourth-order valence-corrected chi connectivity index (χ4v) is 4.21. The van der Waals surface area contributed by atoms with Crippen molar-refractivity contribution in [2.24, 2.45) is 0 Å². The predicted molar refractivity (Wildman–Crippen MR) is 120 cm³/mol. The maximum absolute atomic E-state index is 13.1. The van der Waals surface area contributed by atoms with Gasteiger partial charge in [0.2, 0.25) is 0 Å². The summed E-state index contributed by atoms with van der Waals surface area (Å²) in [7, 11) is 1.57. The molecule has 31 heavy (non-hydrogen) atoms. The Labute approximate surface area is 181 Å². The molecule has 1 amide bonds. The number of H-pyrrole nitrogens is 1. The number of hydrogen-bond acceptors (Lipinski definition) is 4. The van der Waals surface area contributed by atoms with Crippen molar-refractivity contribution in [2.45, 2.75) is 32.2 Å². The predicted octanol–water partition coefficient (Wildman–Crippen LogP) is 4.79. The van der Waals surface area contributed by atoms with Gasteiger partial charge >= 0.3 is 0 Å². The highest BCUT2D eigenvalue weighted by Gasteiger charge is 2.46. The van der Waals surface area contributed by atoms with Crippen molar-refractivity contribution < 1.29 is 19.4 Å². The van der Waals surface area contributed by atoms with E-state index in [2.05, 4.69) is 11.9 Å². The molecule has 1 aliphatic rings. The maximum Gasteiger partial charge on any atom is 0.295 e. The summed E-state index contributed by atoms with van der Waals surface area (Å²) in [6.07, 6.45) is 4.42. The van der Waals surface area contributed by atoms with Crippen LogP contribution in [0.15, 0.2) is 60.3 Å². The number of aliphatic hydroxyl groups excluding tert-OH is 1. The summed E-state index contributed by atoms with van der Waals surface area (Å²) in [5.41, 5.74) is 2.20. The molecule has 1 saturated heterocycles. The largest absolute Gasteiger partial charge is 0.507 e. The number of carbonyl (C=O) groups excluding carboxylic acids is 2. The molecule has 6 heteroatoms. The topological polar surface area (TPSA) is 82.6 Å². The lowest BCUT2D eigenvalue weighted by atomic mass is 9.95. The number of aliphatic hydroxyl groups is 1. The average molecular weight is 418 g/mol. The second kappa shape index (κ2) is 8.68. The Morgan fingerprint density at radius 2 is 1.94 bits per heavy atom. The lowest BCUT2D eigenvalue weighted by molar-refractivity contribution is -0.139. The molecular formula is C25H26N2O4. The molecule has 2 heterocycles. The van der Waals surface area contributed by atoms with Crippen LogP contribution in [0.3, 0.4) is 0 Å². The Morgan fingerprint density at radius 1 is 1.13 bits per heavy atom. The van der Waals surface area contributed by atoms with Crippen LogP contribution in [0.25, 0.3) is 16.7 Å². The number of fused-ring (bicyclic) bond motifs is 1. The van der Waals surface area contributed by atoms with E-state index in [9.17, 15) is 14.7 Å². The minimum Gasteiger partial charge on any atom is -0.507 e. The molecule has 1 aromatic heterocycles. The summed E-state index contributed by atoms with van der Waals surface area (Å²) in [6.45, 7) is 2.54. The lowest BCUT2D eigenvalue weighted by Gasteiger charge is -2.25. The molecule has 1 fully saturated rings. The summed E-state index contributed by atoms with van der Waals surface area (Å²) in [6, 6.07) is 14.2. The monoisotopic (exact) mass is 418 g/mol. The van der Waals surface area contributed by atoms with Crippen LogP contribution in [0, 0.1) is 0 Å². The number of ketones is 1.